The molecule has 0 saturated heterocycles. The van der Waals surface area contributed by atoms with Crippen LogP contribution >= 0.6 is 0 Å². The first-order valence-corrected chi connectivity index (χ1v) is 5.79. The summed E-state index contributed by atoms with van der Waals surface area (Å²) < 4.78 is 0. The Balaban J connectivity index is 2.40. The summed E-state index contributed by atoms with van der Waals surface area (Å²) in [6.45, 7) is 2.22. The maximum absolute atomic E-state index is 4.24. The molecule has 1 aromatic carbocycles. The molecule has 1 aromatic heterocycles. The van der Waals surface area contributed by atoms with Crippen LogP contribution in [0.5, 0.6) is 0 Å². The maximum atomic E-state index is 4.24. The zero-order valence-electron chi connectivity index (χ0n) is 9.40. The number of hydrogen-bond acceptors (Lipinski definition) is 1. The molecule has 0 fully saturated rings. The van der Waals surface area contributed by atoms with Gasteiger partial charge in [-0.2, -0.15) is 12.0 Å². The first-order valence-electron chi connectivity index (χ1n) is 5.79. The van der Waals surface area contributed by atoms with Crippen LogP contribution in [0, 0.1) is 6.42 Å². The van der Waals surface area contributed by atoms with Gasteiger partial charge in [0.25, 0.3) is 0 Å². The van der Waals surface area contributed by atoms with Crippen molar-refractivity contribution in [2.45, 2.75) is 19.8 Å². The van der Waals surface area contributed by atoms with Gasteiger partial charge in [0.2, 0.25) is 0 Å². The Kier molecular flexibility index (Phi) is 2.17. The molecule has 0 N–H and O–H groups in total. The van der Waals surface area contributed by atoms with Gasteiger partial charge in [-0.1, -0.05) is 25.2 Å². The van der Waals surface area contributed by atoms with Crippen molar-refractivity contribution < 1.29 is 0 Å². The van der Waals surface area contributed by atoms with Crippen LogP contribution in [-0.4, -0.2) is 4.98 Å². The molecule has 0 bridgehead atoms. The van der Waals surface area contributed by atoms with Gasteiger partial charge in [0.05, 0.1) is 0 Å². The quantitative estimate of drug-likeness (QED) is 0.650. The third kappa shape index (κ3) is 1.32. The van der Waals surface area contributed by atoms with E-state index < -0.39 is 0 Å². The molecule has 0 atom stereocenters. The maximum Gasteiger partial charge on any atom is 0.0272 e. The molecule has 1 heterocycles. The van der Waals surface area contributed by atoms with Crippen molar-refractivity contribution in [1.29, 1.82) is 0 Å². The molecule has 1 aliphatic rings. The Labute approximate surface area is 95.8 Å². The normalized spacial score (nSPS) is 13.6. The summed E-state index contributed by atoms with van der Waals surface area (Å²) in [6.07, 6.45) is 12.7. The molecule has 0 spiro atoms. The van der Waals surface area contributed by atoms with Crippen LogP contribution in [0.1, 0.15) is 30.0 Å². The second-order valence-electron chi connectivity index (χ2n) is 4.15. The minimum Gasteiger partial charge on any atom is -0.265 e. The third-order valence-electron chi connectivity index (χ3n) is 3.24. The highest BCUT2D eigenvalue weighted by Gasteiger charge is 2.04. The summed E-state index contributed by atoms with van der Waals surface area (Å²) in [4.78, 5) is 4.24. The van der Waals surface area contributed by atoms with Crippen LogP contribution in [0.15, 0.2) is 30.6 Å². The van der Waals surface area contributed by atoms with Crippen molar-refractivity contribution in [3.05, 3.63) is 53.7 Å². The van der Waals surface area contributed by atoms with Gasteiger partial charge in [-0.05, 0) is 11.5 Å². The molecule has 1 nitrogen and oxygen atoms in total. The average Bonchev–Trinajstić information content (AvgIpc) is 2.36. The zero-order chi connectivity index (χ0) is 11.0. The van der Waals surface area contributed by atoms with Crippen LogP contribution in [0.4, 0.5) is 0 Å². The highest BCUT2D eigenvalue weighted by atomic mass is 14.6. The van der Waals surface area contributed by atoms with E-state index in [1.54, 1.807) is 0 Å². The molecule has 0 saturated carbocycles. The van der Waals surface area contributed by atoms with Gasteiger partial charge in [-0.3, -0.25) is 4.98 Å². The Morgan fingerprint density at radius 1 is 1.44 bits per heavy atom. The fraction of sp³-hybridized carbons (Fsp3) is 0.200. The van der Waals surface area contributed by atoms with Gasteiger partial charge >= 0.3 is 0 Å². The number of pyridine rings is 1. The van der Waals surface area contributed by atoms with Gasteiger partial charge in [0.15, 0.2) is 0 Å². The molecule has 0 amide bonds. The molecule has 0 unspecified atom stereocenters. The lowest BCUT2D eigenvalue weighted by atomic mass is 9.88. The lowest BCUT2D eigenvalue weighted by molar-refractivity contribution is 1.10. The highest BCUT2D eigenvalue weighted by molar-refractivity contribution is 5.90. The minimum atomic E-state index is 1.05. The van der Waals surface area contributed by atoms with Gasteiger partial charge in [0, 0.05) is 12.4 Å². The number of fused-ring (bicyclic) bond motifs is 2. The number of aryl methyl sites for hydroxylation is 1. The third-order valence-corrected chi connectivity index (χ3v) is 3.24. The van der Waals surface area contributed by atoms with Crippen LogP contribution in [0.25, 0.3) is 16.8 Å². The summed E-state index contributed by atoms with van der Waals surface area (Å²) in [7, 11) is 0. The van der Waals surface area contributed by atoms with Crippen LogP contribution in [0.3, 0.4) is 0 Å². The van der Waals surface area contributed by atoms with Gasteiger partial charge in [0.1, 0.15) is 0 Å². The van der Waals surface area contributed by atoms with E-state index in [0.717, 1.165) is 12.8 Å². The Bertz CT molecular complexity index is 567. The van der Waals surface area contributed by atoms with Crippen molar-refractivity contribution in [1.82, 2.24) is 4.98 Å². The number of rotatable bonds is 1. The van der Waals surface area contributed by atoms with Crippen molar-refractivity contribution in [2.24, 2.45) is 0 Å². The Morgan fingerprint density at radius 3 is 3.25 bits per heavy atom. The number of benzene rings is 1. The van der Waals surface area contributed by atoms with Crippen LogP contribution in [-0.2, 0) is 6.42 Å². The topological polar surface area (TPSA) is 12.9 Å². The Morgan fingerprint density at radius 2 is 2.38 bits per heavy atom. The van der Waals surface area contributed by atoms with E-state index in [1.165, 1.54) is 27.5 Å². The van der Waals surface area contributed by atoms with Crippen LogP contribution < -0.4 is 0 Å². The van der Waals surface area contributed by atoms with E-state index in [1.807, 2.05) is 12.4 Å². The predicted molar refractivity (Wildman–Crippen MR) is 68.2 cm³/mol. The highest BCUT2D eigenvalue weighted by Crippen LogP contribution is 2.31. The van der Waals surface area contributed by atoms with Gasteiger partial charge in [-0.15, -0.1) is 29.3 Å². The summed E-state index contributed by atoms with van der Waals surface area (Å²) in [5.41, 5.74) is 4.19. The first-order chi connectivity index (χ1) is 7.90. The van der Waals surface area contributed by atoms with Gasteiger partial charge < -0.3 is 0 Å². The summed E-state index contributed by atoms with van der Waals surface area (Å²) in [6, 6.07) is 4.36. The van der Waals surface area contributed by atoms with Crippen molar-refractivity contribution in [3.63, 3.8) is 0 Å². The molecule has 80 valence electrons. The van der Waals surface area contributed by atoms with Crippen molar-refractivity contribution >= 4 is 16.8 Å². The minimum absolute atomic E-state index is 1.05. The average molecular weight is 208 g/mol. The van der Waals surface area contributed by atoms with E-state index in [9.17, 15) is 0 Å². The van der Waals surface area contributed by atoms with E-state index in [0.29, 0.717) is 0 Å². The second-order valence-corrected chi connectivity index (χ2v) is 4.15. The molecule has 0 aliphatic heterocycles. The second kappa shape index (κ2) is 3.67. The first kappa shape index (κ1) is 9.46. The number of nitrogens with zero attached hydrogens (tertiary/aromatic N) is 1. The molecule has 3 rings (SSSR count). The number of hydrogen-bond donors (Lipinski definition) is 0. The lowest BCUT2D eigenvalue weighted by Gasteiger charge is -2.26. The molecule has 0 radical (unpaired) electrons. The largest absolute Gasteiger partial charge is 0.265 e. The van der Waals surface area contributed by atoms with E-state index in [2.05, 4.69) is 42.6 Å². The van der Waals surface area contributed by atoms with Gasteiger partial charge in [-0.25, -0.2) is 0 Å². The lowest BCUT2D eigenvalue weighted by Crippen LogP contribution is -1.99. The standard InChI is InChI=1S/C15H14N/c1-2-13-14-6-4-3-5-11(14)9-12-7-8-16-10-15(12)13/h3,5-10H,2,4H2,1H3/q-1. The van der Waals surface area contributed by atoms with E-state index >= 15 is 0 Å². The molecular formula is C15H14N-. The Hall–Kier alpha value is -1.76. The van der Waals surface area contributed by atoms with Crippen molar-refractivity contribution in [3.8, 4) is 0 Å². The van der Waals surface area contributed by atoms with E-state index in [4.69, 9.17) is 0 Å². The number of allylic oxidation sites excluding steroid dienone is 1. The van der Waals surface area contributed by atoms with Crippen LogP contribution in [0.2, 0.25) is 0 Å². The molecule has 16 heavy (non-hydrogen) atoms. The van der Waals surface area contributed by atoms with E-state index in [-0.39, 0.29) is 0 Å². The SMILES string of the molecule is CCc1c2c(cc3ccncc13)C=CC[CH-]2. The predicted octanol–water partition coefficient (Wildman–Crippen LogP) is 3.77. The molecule has 2 aromatic rings. The summed E-state index contributed by atoms with van der Waals surface area (Å²) in [5, 5.41) is 2.60. The summed E-state index contributed by atoms with van der Waals surface area (Å²) >= 11 is 0. The molecule has 1 aliphatic carbocycles. The fourth-order valence-electron chi connectivity index (χ4n) is 2.49. The smallest absolute Gasteiger partial charge is 0.0272 e. The molecular weight excluding hydrogens is 194 g/mol. The molecule has 1 heteroatoms. The summed E-state index contributed by atoms with van der Waals surface area (Å²) in [5.74, 6) is 0. The van der Waals surface area contributed by atoms with Crippen molar-refractivity contribution in [2.75, 3.05) is 0 Å². The fourth-order valence-corrected chi connectivity index (χ4v) is 2.49. The monoisotopic (exact) mass is 208 g/mol. The zero-order valence-corrected chi connectivity index (χ0v) is 9.40. The number of aromatic nitrogens is 1.